The highest BCUT2D eigenvalue weighted by molar-refractivity contribution is 5.19. The molecule has 0 bridgehead atoms. The SMILES string of the molecule is CCN(CC)C1NC=CC=C1N. The second-order valence-electron chi connectivity index (χ2n) is 2.82. The highest BCUT2D eigenvalue weighted by atomic mass is 15.3. The molecule has 0 aliphatic carbocycles. The fraction of sp³-hybridized carbons (Fsp3) is 0.556. The van der Waals surface area contributed by atoms with E-state index < -0.39 is 0 Å². The Balaban J connectivity index is 2.62. The predicted octanol–water partition coefficient (Wildman–Crippen LogP) is 0.614. The summed E-state index contributed by atoms with van der Waals surface area (Å²) in [6.45, 7) is 6.29. The molecule has 3 nitrogen and oxygen atoms in total. The number of hydrogen-bond acceptors (Lipinski definition) is 3. The van der Waals surface area contributed by atoms with Crippen LogP contribution in [0.1, 0.15) is 13.8 Å². The van der Waals surface area contributed by atoms with Gasteiger partial charge in [-0.15, -0.1) is 0 Å². The molecule has 1 unspecified atom stereocenters. The van der Waals surface area contributed by atoms with Gasteiger partial charge in [0.1, 0.15) is 6.17 Å². The van der Waals surface area contributed by atoms with Gasteiger partial charge < -0.3 is 11.1 Å². The summed E-state index contributed by atoms with van der Waals surface area (Å²) < 4.78 is 0. The van der Waals surface area contributed by atoms with Crippen molar-refractivity contribution < 1.29 is 0 Å². The fourth-order valence-corrected chi connectivity index (χ4v) is 1.40. The van der Waals surface area contributed by atoms with Gasteiger partial charge in [0.15, 0.2) is 0 Å². The van der Waals surface area contributed by atoms with Crippen LogP contribution in [0.25, 0.3) is 0 Å². The highest BCUT2D eigenvalue weighted by Crippen LogP contribution is 2.06. The maximum absolute atomic E-state index is 5.84. The Morgan fingerprint density at radius 2 is 2.17 bits per heavy atom. The van der Waals surface area contributed by atoms with E-state index >= 15 is 0 Å². The van der Waals surface area contributed by atoms with E-state index in [4.69, 9.17) is 5.73 Å². The lowest BCUT2D eigenvalue weighted by atomic mass is 10.2. The standard InChI is InChI=1S/C9H17N3/c1-3-12(4-2)9-8(10)6-5-7-11-9/h5-7,9,11H,3-4,10H2,1-2H3. The first-order valence-corrected chi connectivity index (χ1v) is 4.41. The van der Waals surface area contributed by atoms with Crippen molar-refractivity contribution in [3.05, 3.63) is 24.0 Å². The second-order valence-corrected chi connectivity index (χ2v) is 2.82. The normalized spacial score (nSPS) is 22.2. The zero-order chi connectivity index (χ0) is 8.97. The van der Waals surface area contributed by atoms with Crippen molar-refractivity contribution in [3.63, 3.8) is 0 Å². The molecule has 1 aliphatic rings. The maximum atomic E-state index is 5.84. The van der Waals surface area contributed by atoms with E-state index in [0.717, 1.165) is 18.8 Å². The molecule has 0 aromatic rings. The van der Waals surface area contributed by atoms with Gasteiger partial charge >= 0.3 is 0 Å². The first kappa shape index (κ1) is 9.13. The van der Waals surface area contributed by atoms with Crippen LogP contribution in [0.4, 0.5) is 0 Å². The van der Waals surface area contributed by atoms with Crippen molar-refractivity contribution in [2.75, 3.05) is 13.1 Å². The van der Waals surface area contributed by atoms with E-state index in [1.807, 2.05) is 18.4 Å². The third-order valence-electron chi connectivity index (χ3n) is 2.13. The maximum Gasteiger partial charge on any atom is 0.120 e. The van der Waals surface area contributed by atoms with Gasteiger partial charge in [0, 0.05) is 5.70 Å². The van der Waals surface area contributed by atoms with Gasteiger partial charge in [-0.25, -0.2) is 0 Å². The van der Waals surface area contributed by atoms with Gasteiger partial charge in [-0.05, 0) is 31.4 Å². The minimum atomic E-state index is 0.185. The number of hydrogen-bond donors (Lipinski definition) is 2. The van der Waals surface area contributed by atoms with Crippen LogP contribution < -0.4 is 11.1 Å². The summed E-state index contributed by atoms with van der Waals surface area (Å²) in [5.41, 5.74) is 6.73. The van der Waals surface area contributed by atoms with Gasteiger partial charge in [-0.2, -0.15) is 0 Å². The Kier molecular flexibility index (Phi) is 3.17. The zero-order valence-corrected chi connectivity index (χ0v) is 7.75. The summed E-state index contributed by atoms with van der Waals surface area (Å²) in [6.07, 6.45) is 5.98. The topological polar surface area (TPSA) is 41.3 Å². The first-order valence-electron chi connectivity index (χ1n) is 4.41. The number of nitrogens with one attached hydrogen (secondary N) is 1. The average Bonchev–Trinajstić information content (AvgIpc) is 2.10. The lowest BCUT2D eigenvalue weighted by molar-refractivity contribution is 0.222. The van der Waals surface area contributed by atoms with Crippen LogP contribution in [0.15, 0.2) is 24.0 Å². The van der Waals surface area contributed by atoms with Gasteiger partial charge in [0.2, 0.25) is 0 Å². The molecular weight excluding hydrogens is 150 g/mol. The molecule has 3 N–H and O–H groups in total. The molecule has 0 aromatic carbocycles. The van der Waals surface area contributed by atoms with Crippen LogP contribution in [0.5, 0.6) is 0 Å². The van der Waals surface area contributed by atoms with Crippen molar-refractivity contribution in [2.24, 2.45) is 5.73 Å². The first-order chi connectivity index (χ1) is 5.79. The molecule has 1 atom stereocenters. The van der Waals surface area contributed by atoms with E-state index in [1.54, 1.807) is 0 Å². The molecular formula is C9H17N3. The fourth-order valence-electron chi connectivity index (χ4n) is 1.40. The molecule has 0 saturated carbocycles. The van der Waals surface area contributed by atoms with E-state index in [1.165, 1.54) is 0 Å². The molecule has 12 heavy (non-hydrogen) atoms. The Bertz CT molecular complexity index is 192. The Morgan fingerprint density at radius 1 is 1.50 bits per heavy atom. The van der Waals surface area contributed by atoms with Crippen LogP contribution in [0.3, 0.4) is 0 Å². The minimum Gasteiger partial charge on any atom is -0.399 e. The molecule has 1 heterocycles. The summed E-state index contributed by atoms with van der Waals surface area (Å²) in [5.74, 6) is 0. The van der Waals surface area contributed by atoms with Crippen LogP contribution in [-0.2, 0) is 0 Å². The number of allylic oxidation sites excluding steroid dienone is 2. The Labute approximate surface area is 73.9 Å². The smallest absolute Gasteiger partial charge is 0.120 e. The number of dihydropyridines is 1. The third-order valence-corrected chi connectivity index (χ3v) is 2.13. The summed E-state index contributed by atoms with van der Waals surface area (Å²) in [7, 11) is 0. The van der Waals surface area contributed by atoms with Gasteiger partial charge in [0.25, 0.3) is 0 Å². The van der Waals surface area contributed by atoms with Crippen molar-refractivity contribution >= 4 is 0 Å². The summed E-state index contributed by atoms with van der Waals surface area (Å²) in [5, 5.41) is 3.22. The predicted molar refractivity (Wildman–Crippen MR) is 51.3 cm³/mol. The zero-order valence-electron chi connectivity index (χ0n) is 7.75. The largest absolute Gasteiger partial charge is 0.399 e. The van der Waals surface area contributed by atoms with Crippen molar-refractivity contribution in [2.45, 2.75) is 20.0 Å². The summed E-state index contributed by atoms with van der Waals surface area (Å²) in [4.78, 5) is 2.27. The van der Waals surface area contributed by atoms with Gasteiger partial charge in [-0.1, -0.05) is 13.8 Å². The molecule has 0 amide bonds. The number of rotatable bonds is 3. The number of likely N-dealkylation sites (N-methyl/N-ethyl adjacent to an activating group) is 1. The van der Waals surface area contributed by atoms with Crippen molar-refractivity contribution in [1.82, 2.24) is 10.2 Å². The molecule has 1 aliphatic heterocycles. The van der Waals surface area contributed by atoms with Gasteiger partial charge in [0.05, 0.1) is 0 Å². The molecule has 0 radical (unpaired) electrons. The number of nitrogens with zero attached hydrogens (tertiary/aromatic N) is 1. The van der Waals surface area contributed by atoms with Crippen molar-refractivity contribution in [3.8, 4) is 0 Å². The Hall–Kier alpha value is -0.960. The van der Waals surface area contributed by atoms with E-state index in [9.17, 15) is 0 Å². The lowest BCUT2D eigenvalue weighted by Crippen LogP contribution is -2.47. The molecule has 0 spiro atoms. The number of nitrogens with two attached hydrogens (primary N) is 1. The van der Waals surface area contributed by atoms with Crippen molar-refractivity contribution in [1.29, 1.82) is 0 Å². The monoisotopic (exact) mass is 167 g/mol. The lowest BCUT2D eigenvalue weighted by Gasteiger charge is -2.31. The molecule has 3 heteroatoms. The van der Waals surface area contributed by atoms with E-state index in [2.05, 4.69) is 24.1 Å². The van der Waals surface area contributed by atoms with E-state index in [0.29, 0.717) is 0 Å². The second kappa shape index (κ2) is 4.16. The molecule has 1 rings (SSSR count). The van der Waals surface area contributed by atoms with E-state index in [-0.39, 0.29) is 6.17 Å². The average molecular weight is 167 g/mol. The quantitative estimate of drug-likeness (QED) is 0.647. The molecule has 0 aromatic heterocycles. The third kappa shape index (κ3) is 1.80. The molecule has 0 saturated heterocycles. The molecule has 68 valence electrons. The Morgan fingerprint density at radius 3 is 2.67 bits per heavy atom. The van der Waals surface area contributed by atoms with Crippen LogP contribution >= 0.6 is 0 Å². The minimum absolute atomic E-state index is 0.185. The van der Waals surface area contributed by atoms with Gasteiger partial charge in [-0.3, -0.25) is 4.90 Å². The van der Waals surface area contributed by atoms with Crippen LogP contribution in [-0.4, -0.2) is 24.2 Å². The van der Waals surface area contributed by atoms with Crippen LogP contribution in [0.2, 0.25) is 0 Å². The summed E-state index contributed by atoms with van der Waals surface area (Å²) in [6, 6.07) is 0. The summed E-state index contributed by atoms with van der Waals surface area (Å²) >= 11 is 0. The molecule has 0 fully saturated rings. The highest BCUT2D eigenvalue weighted by Gasteiger charge is 2.17. The van der Waals surface area contributed by atoms with Crippen LogP contribution in [0, 0.1) is 0 Å².